The summed E-state index contributed by atoms with van der Waals surface area (Å²) in [5, 5.41) is 5.62. The standard InChI is InChI=1S/C13H18F3N3O2/c1-17-5-2-3-11(20)19-8-10-4-6-18-12(7-10)21-9-13(14,15)16/h4,6-7,17H,2-3,5,8-9H2,1H3,(H,19,20). The third kappa shape index (κ3) is 8.13. The number of rotatable bonds is 8. The van der Waals surface area contributed by atoms with Crippen LogP contribution in [0.1, 0.15) is 18.4 Å². The van der Waals surface area contributed by atoms with E-state index in [2.05, 4.69) is 20.4 Å². The van der Waals surface area contributed by atoms with Gasteiger partial charge in [0.1, 0.15) is 0 Å². The van der Waals surface area contributed by atoms with Crippen molar-refractivity contribution in [3.05, 3.63) is 23.9 Å². The first-order valence-electron chi connectivity index (χ1n) is 6.46. The van der Waals surface area contributed by atoms with Crippen molar-refractivity contribution in [3.63, 3.8) is 0 Å². The molecule has 21 heavy (non-hydrogen) atoms. The minimum Gasteiger partial charge on any atom is -0.468 e. The molecule has 1 aromatic rings. The molecular formula is C13H18F3N3O2. The molecule has 0 bridgehead atoms. The Hall–Kier alpha value is -1.83. The van der Waals surface area contributed by atoms with E-state index in [1.807, 2.05) is 0 Å². The van der Waals surface area contributed by atoms with Crippen LogP contribution in [-0.2, 0) is 11.3 Å². The molecule has 0 saturated carbocycles. The highest BCUT2D eigenvalue weighted by atomic mass is 19.4. The average Bonchev–Trinajstić information content (AvgIpc) is 2.43. The van der Waals surface area contributed by atoms with Crippen LogP contribution in [0.3, 0.4) is 0 Å². The predicted octanol–water partition coefficient (Wildman–Crippen LogP) is 1.64. The molecule has 0 aliphatic rings. The molecule has 0 unspecified atom stereocenters. The molecule has 0 atom stereocenters. The Balaban J connectivity index is 2.40. The van der Waals surface area contributed by atoms with Gasteiger partial charge in [-0.1, -0.05) is 0 Å². The molecule has 1 heterocycles. The Kier molecular flexibility index (Phi) is 6.93. The average molecular weight is 305 g/mol. The first-order valence-corrected chi connectivity index (χ1v) is 6.46. The molecule has 1 rings (SSSR count). The van der Waals surface area contributed by atoms with E-state index >= 15 is 0 Å². The Labute approximate surface area is 120 Å². The lowest BCUT2D eigenvalue weighted by molar-refractivity contribution is -0.154. The van der Waals surface area contributed by atoms with Crippen LogP contribution in [0.15, 0.2) is 18.3 Å². The van der Waals surface area contributed by atoms with E-state index in [1.165, 1.54) is 12.3 Å². The number of ether oxygens (including phenoxy) is 1. The van der Waals surface area contributed by atoms with Crippen molar-refractivity contribution < 1.29 is 22.7 Å². The molecular weight excluding hydrogens is 287 g/mol. The molecule has 0 aliphatic heterocycles. The zero-order chi connectivity index (χ0) is 15.7. The van der Waals surface area contributed by atoms with Crippen molar-refractivity contribution in [2.24, 2.45) is 0 Å². The lowest BCUT2D eigenvalue weighted by Crippen LogP contribution is -2.24. The van der Waals surface area contributed by atoms with Gasteiger partial charge < -0.3 is 15.4 Å². The maximum atomic E-state index is 12.0. The zero-order valence-electron chi connectivity index (χ0n) is 11.7. The molecule has 0 spiro atoms. The fraction of sp³-hybridized carbons (Fsp3) is 0.538. The highest BCUT2D eigenvalue weighted by molar-refractivity contribution is 5.75. The molecule has 1 aromatic heterocycles. The topological polar surface area (TPSA) is 63.2 Å². The molecule has 0 aliphatic carbocycles. The van der Waals surface area contributed by atoms with Crippen LogP contribution >= 0.6 is 0 Å². The maximum absolute atomic E-state index is 12.0. The van der Waals surface area contributed by atoms with Gasteiger partial charge in [-0.15, -0.1) is 0 Å². The number of amides is 1. The second-order valence-corrected chi connectivity index (χ2v) is 4.39. The van der Waals surface area contributed by atoms with Crippen LogP contribution < -0.4 is 15.4 Å². The molecule has 0 fully saturated rings. The number of aromatic nitrogens is 1. The van der Waals surface area contributed by atoms with Gasteiger partial charge in [0.15, 0.2) is 6.61 Å². The fourth-order valence-electron chi connectivity index (χ4n) is 1.51. The monoisotopic (exact) mass is 305 g/mol. The number of hydrogen-bond acceptors (Lipinski definition) is 4. The van der Waals surface area contributed by atoms with Crippen LogP contribution in [0.2, 0.25) is 0 Å². The van der Waals surface area contributed by atoms with E-state index in [0.717, 1.165) is 13.0 Å². The van der Waals surface area contributed by atoms with Gasteiger partial charge in [-0.3, -0.25) is 4.79 Å². The number of alkyl halides is 3. The van der Waals surface area contributed by atoms with Gasteiger partial charge in [-0.2, -0.15) is 13.2 Å². The number of halogens is 3. The minimum absolute atomic E-state index is 0.111. The third-order valence-corrected chi connectivity index (χ3v) is 2.50. The summed E-state index contributed by atoms with van der Waals surface area (Å²) in [6, 6.07) is 2.98. The van der Waals surface area contributed by atoms with Gasteiger partial charge >= 0.3 is 6.18 Å². The van der Waals surface area contributed by atoms with E-state index in [9.17, 15) is 18.0 Å². The second-order valence-electron chi connectivity index (χ2n) is 4.39. The summed E-state index contributed by atoms with van der Waals surface area (Å²) in [5.41, 5.74) is 0.629. The van der Waals surface area contributed by atoms with Crippen molar-refractivity contribution in [2.45, 2.75) is 25.6 Å². The third-order valence-electron chi connectivity index (χ3n) is 2.50. The Morgan fingerprint density at radius 1 is 1.43 bits per heavy atom. The van der Waals surface area contributed by atoms with Crippen LogP contribution in [-0.4, -0.2) is 37.3 Å². The number of carbonyl (C=O) groups is 1. The molecule has 118 valence electrons. The van der Waals surface area contributed by atoms with Crippen LogP contribution in [0, 0.1) is 0 Å². The van der Waals surface area contributed by atoms with Crippen LogP contribution in [0.5, 0.6) is 5.88 Å². The number of nitrogens with zero attached hydrogens (tertiary/aromatic N) is 1. The van der Waals surface area contributed by atoms with Crippen molar-refractivity contribution in [3.8, 4) is 5.88 Å². The Bertz CT molecular complexity index is 453. The van der Waals surface area contributed by atoms with Crippen molar-refractivity contribution in [1.82, 2.24) is 15.6 Å². The molecule has 0 aromatic carbocycles. The highest BCUT2D eigenvalue weighted by Gasteiger charge is 2.28. The largest absolute Gasteiger partial charge is 0.468 e. The summed E-state index contributed by atoms with van der Waals surface area (Å²) in [6.07, 6.45) is -1.95. The molecule has 0 saturated heterocycles. The second kappa shape index (κ2) is 8.46. The van der Waals surface area contributed by atoms with Crippen molar-refractivity contribution >= 4 is 5.91 Å². The molecule has 8 heteroatoms. The fourth-order valence-corrected chi connectivity index (χ4v) is 1.51. The molecule has 1 amide bonds. The quantitative estimate of drug-likeness (QED) is 0.717. The first kappa shape index (κ1) is 17.2. The minimum atomic E-state index is -4.40. The molecule has 0 radical (unpaired) electrons. The highest BCUT2D eigenvalue weighted by Crippen LogP contribution is 2.17. The number of nitrogens with one attached hydrogen (secondary N) is 2. The Morgan fingerprint density at radius 2 is 2.19 bits per heavy atom. The van der Waals surface area contributed by atoms with Crippen LogP contribution in [0.4, 0.5) is 13.2 Å². The smallest absolute Gasteiger partial charge is 0.422 e. The number of hydrogen-bond donors (Lipinski definition) is 2. The summed E-state index contributed by atoms with van der Waals surface area (Å²) >= 11 is 0. The SMILES string of the molecule is CNCCCC(=O)NCc1ccnc(OCC(F)(F)F)c1. The first-order chi connectivity index (χ1) is 9.90. The normalized spacial score (nSPS) is 11.2. The lowest BCUT2D eigenvalue weighted by Gasteiger charge is -2.10. The zero-order valence-corrected chi connectivity index (χ0v) is 11.7. The summed E-state index contributed by atoms with van der Waals surface area (Å²) in [4.78, 5) is 15.2. The van der Waals surface area contributed by atoms with E-state index in [4.69, 9.17) is 0 Å². The van der Waals surface area contributed by atoms with E-state index in [1.54, 1.807) is 13.1 Å². The van der Waals surface area contributed by atoms with E-state index in [-0.39, 0.29) is 18.3 Å². The van der Waals surface area contributed by atoms with Gasteiger partial charge in [-0.05, 0) is 31.6 Å². The van der Waals surface area contributed by atoms with Crippen molar-refractivity contribution in [2.75, 3.05) is 20.2 Å². The number of carbonyl (C=O) groups excluding carboxylic acids is 1. The van der Waals surface area contributed by atoms with Gasteiger partial charge in [0, 0.05) is 25.2 Å². The van der Waals surface area contributed by atoms with Gasteiger partial charge in [0.05, 0.1) is 0 Å². The van der Waals surface area contributed by atoms with Gasteiger partial charge in [0.2, 0.25) is 11.8 Å². The Morgan fingerprint density at radius 3 is 2.86 bits per heavy atom. The molecule has 5 nitrogen and oxygen atoms in total. The van der Waals surface area contributed by atoms with E-state index in [0.29, 0.717) is 12.0 Å². The van der Waals surface area contributed by atoms with Crippen molar-refractivity contribution in [1.29, 1.82) is 0 Å². The van der Waals surface area contributed by atoms with Crippen LogP contribution in [0.25, 0.3) is 0 Å². The summed E-state index contributed by atoms with van der Waals surface area (Å²) in [6.45, 7) is -0.415. The molecule has 2 N–H and O–H groups in total. The summed E-state index contributed by atoms with van der Waals surface area (Å²) < 4.78 is 40.6. The predicted molar refractivity (Wildman–Crippen MR) is 70.8 cm³/mol. The number of pyridine rings is 1. The van der Waals surface area contributed by atoms with Gasteiger partial charge in [-0.25, -0.2) is 4.98 Å². The summed E-state index contributed by atoms with van der Waals surface area (Å²) in [5.74, 6) is -0.228. The summed E-state index contributed by atoms with van der Waals surface area (Å²) in [7, 11) is 1.80. The lowest BCUT2D eigenvalue weighted by atomic mass is 10.2. The maximum Gasteiger partial charge on any atom is 0.422 e. The van der Waals surface area contributed by atoms with Gasteiger partial charge in [0.25, 0.3) is 0 Å². The van der Waals surface area contributed by atoms with E-state index < -0.39 is 12.8 Å².